The van der Waals surface area contributed by atoms with Crippen molar-refractivity contribution in [3.63, 3.8) is 0 Å². The lowest BCUT2D eigenvalue weighted by Gasteiger charge is -2.16. The van der Waals surface area contributed by atoms with E-state index in [0.717, 1.165) is 23.0 Å². The van der Waals surface area contributed by atoms with Crippen LogP contribution in [0.4, 0.5) is 0 Å². The number of carboxylic acids is 1. The second kappa shape index (κ2) is 6.07. The van der Waals surface area contributed by atoms with Gasteiger partial charge >= 0.3 is 5.97 Å². The standard InChI is InChI=1S/C22H22O3/c1-13(9-17-5-6-18(22(23)24)12-21(17)25-2)14-7-8-19-15-3-4-16(10-15)20(19)11-14/h5-9,11-12,15-16H,3-4,10H2,1-2H3,(H,23,24). The molecule has 0 aliphatic heterocycles. The van der Waals surface area contributed by atoms with Crippen LogP contribution in [-0.2, 0) is 0 Å². The summed E-state index contributed by atoms with van der Waals surface area (Å²) in [6.45, 7) is 2.10. The Hall–Kier alpha value is -2.55. The van der Waals surface area contributed by atoms with Crippen molar-refractivity contribution in [2.24, 2.45) is 0 Å². The summed E-state index contributed by atoms with van der Waals surface area (Å²) in [5.74, 6) is 1.16. The summed E-state index contributed by atoms with van der Waals surface area (Å²) in [4.78, 5) is 11.1. The maximum Gasteiger partial charge on any atom is 0.335 e. The number of benzene rings is 2. The molecule has 4 rings (SSSR count). The second-order valence-electron chi connectivity index (χ2n) is 7.14. The lowest BCUT2D eigenvalue weighted by Crippen LogP contribution is -1.99. The molecule has 128 valence electrons. The molecule has 1 fully saturated rings. The summed E-state index contributed by atoms with van der Waals surface area (Å²) >= 11 is 0. The van der Waals surface area contributed by atoms with E-state index in [1.54, 1.807) is 30.9 Å². The zero-order valence-electron chi connectivity index (χ0n) is 14.6. The Morgan fingerprint density at radius 3 is 2.52 bits per heavy atom. The van der Waals surface area contributed by atoms with Crippen LogP contribution in [0.25, 0.3) is 11.6 Å². The highest BCUT2D eigenvalue weighted by molar-refractivity contribution is 5.90. The van der Waals surface area contributed by atoms with Crippen LogP contribution in [0, 0.1) is 0 Å². The lowest BCUT2D eigenvalue weighted by molar-refractivity contribution is 0.0696. The van der Waals surface area contributed by atoms with Gasteiger partial charge in [-0.2, -0.15) is 0 Å². The zero-order chi connectivity index (χ0) is 17.6. The molecule has 1 saturated carbocycles. The lowest BCUT2D eigenvalue weighted by atomic mass is 9.89. The monoisotopic (exact) mass is 334 g/mol. The Labute approximate surface area is 148 Å². The fourth-order valence-corrected chi connectivity index (χ4v) is 4.37. The molecular weight excluding hydrogens is 312 g/mol. The summed E-state index contributed by atoms with van der Waals surface area (Å²) in [6.07, 6.45) is 6.07. The first-order valence-corrected chi connectivity index (χ1v) is 8.80. The van der Waals surface area contributed by atoms with Gasteiger partial charge in [0.15, 0.2) is 0 Å². The summed E-state index contributed by atoms with van der Waals surface area (Å²) in [6, 6.07) is 11.9. The number of allylic oxidation sites excluding steroid dienone is 1. The second-order valence-corrected chi connectivity index (χ2v) is 7.14. The molecule has 2 aliphatic carbocycles. The Balaban J connectivity index is 1.68. The zero-order valence-corrected chi connectivity index (χ0v) is 14.6. The van der Waals surface area contributed by atoms with Gasteiger partial charge in [0.25, 0.3) is 0 Å². The van der Waals surface area contributed by atoms with Crippen molar-refractivity contribution in [3.8, 4) is 5.75 Å². The summed E-state index contributed by atoms with van der Waals surface area (Å²) in [7, 11) is 1.57. The topological polar surface area (TPSA) is 46.5 Å². The minimum Gasteiger partial charge on any atom is -0.496 e. The Kier molecular flexibility index (Phi) is 3.87. The Bertz CT molecular complexity index is 879. The van der Waals surface area contributed by atoms with E-state index >= 15 is 0 Å². The smallest absolute Gasteiger partial charge is 0.335 e. The average molecular weight is 334 g/mol. The van der Waals surface area contributed by atoms with Gasteiger partial charge in [0.05, 0.1) is 12.7 Å². The van der Waals surface area contributed by atoms with E-state index < -0.39 is 5.97 Å². The molecule has 2 aromatic rings. The van der Waals surface area contributed by atoms with Crippen LogP contribution in [0.3, 0.4) is 0 Å². The number of ether oxygens (including phenoxy) is 1. The van der Waals surface area contributed by atoms with Crippen molar-refractivity contribution in [2.45, 2.75) is 38.0 Å². The predicted octanol–water partition coefficient (Wildman–Crippen LogP) is 5.32. The van der Waals surface area contributed by atoms with Crippen molar-refractivity contribution in [1.29, 1.82) is 0 Å². The minimum absolute atomic E-state index is 0.236. The molecule has 2 aliphatic rings. The molecule has 3 nitrogen and oxygen atoms in total. The normalized spacial score (nSPS) is 21.3. The summed E-state index contributed by atoms with van der Waals surface area (Å²) < 4.78 is 5.38. The molecule has 0 heterocycles. The highest BCUT2D eigenvalue weighted by Crippen LogP contribution is 2.53. The highest BCUT2D eigenvalue weighted by atomic mass is 16.5. The van der Waals surface area contributed by atoms with Crippen LogP contribution in [0.15, 0.2) is 36.4 Å². The molecular formula is C22H22O3. The molecule has 25 heavy (non-hydrogen) atoms. The van der Waals surface area contributed by atoms with Gasteiger partial charge < -0.3 is 9.84 Å². The number of carbonyl (C=O) groups is 1. The van der Waals surface area contributed by atoms with Crippen molar-refractivity contribution in [3.05, 3.63) is 64.2 Å². The van der Waals surface area contributed by atoms with Crippen LogP contribution in [0.2, 0.25) is 0 Å². The van der Waals surface area contributed by atoms with Gasteiger partial charge in [-0.1, -0.05) is 24.3 Å². The first-order chi connectivity index (χ1) is 12.1. The van der Waals surface area contributed by atoms with Crippen molar-refractivity contribution in [1.82, 2.24) is 0 Å². The van der Waals surface area contributed by atoms with Gasteiger partial charge in [-0.15, -0.1) is 0 Å². The molecule has 0 amide bonds. The molecule has 0 saturated heterocycles. The largest absolute Gasteiger partial charge is 0.496 e. The number of fused-ring (bicyclic) bond motifs is 5. The van der Waals surface area contributed by atoms with Crippen LogP contribution in [0.5, 0.6) is 5.75 Å². The van der Waals surface area contributed by atoms with E-state index in [2.05, 4.69) is 31.2 Å². The minimum atomic E-state index is -0.945. The number of hydrogen-bond donors (Lipinski definition) is 1. The molecule has 2 aromatic carbocycles. The van der Waals surface area contributed by atoms with Crippen molar-refractivity contribution in [2.75, 3.05) is 7.11 Å². The molecule has 0 radical (unpaired) electrons. The van der Waals surface area contributed by atoms with Gasteiger partial charge in [-0.3, -0.25) is 0 Å². The van der Waals surface area contributed by atoms with Crippen LogP contribution in [0.1, 0.15) is 70.6 Å². The maximum absolute atomic E-state index is 11.1. The van der Waals surface area contributed by atoms with Crippen LogP contribution >= 0.6 is 0 Å². The molecule has 2 unspecified atom stereocenters. The van der Waals surface area contributed by atoms with E-state index in [-0.39, 0.29) is 5.56 Å². The number of carboxylic acid groups (broad SMARTS) is 1. The maximum atomic E-state index is 11.1. The fourth-order valence-electron chi connectivity index (χ4n) is 4.37. The quantitative estimate of drug-likeness (QED) is 0.770. The molecule has 3 heteroatoms. The highest BCUT2D eigenvalue weighted by Gasteiger charge is 2.36. The summed E-state index contributed by atoms with van der Waals surface area (Å²) in [5, 5.41) is 9.13. The molecule has 0 spiro atoms. The third kappa shape index (κ3) is 2.74. The SMILES string of the molecule is COc1cc(C(=O)O)ccc1C=C(C)c1ccc2c(c1)C1CCC2C1. The number of aromatic carboxylic acids is 1. The van der Waals surface area contributed by atoms with Gasteiger partial charge in [-0.25, -0.2) is 4.79 Å². The van der Waals surface area contributed by atoms with E-state index in [4.69, 9.17) is 9.84 Å². The van der Waals surface area contributed by atoms with Crippen LogP contribution in [-0.4, -0.2) is 18.2 Å². The van der Waals surface area contributed by atoms with Crippen LogP contribution < -0.4 is 4.74 Å². The first-order valence-electron chi connectivity index (χ1n) is 8.80. The van der Waals surface area contributed by atoms with E-state index in [1.165, 1.54) is 30.4 Å². The van der Waals surface area contributed by atoms with Gasteiger partial charge in [0, 0.05) is 5.56 Å². The van der Waals surface area contributed by atoms with Crippen molar-refractivity contribution >= 4 is 17.6 Å². The van der Waals surface area contributed by atoms with E-state index in [1.807, 2.05) is 0 Å². The van der Waals surface area contributed by atoms with E-state index in [0.29, 0.717) is 5.75 Å². The Morgan fingerprint density at radius 1 is 1.08 bits per heavy atom. The van der Waals surface area contributed by atoms with Gasteiger partial charge in [0.2, 0.25) is 0 Å². The number of hydrogen-bond acceptors (Lipinski definition) is 2. The third-order valence-electron chi connectivity index (χ3n) is 5.71. The molecule has 2 bridgehead atoms. The number of methoxy groups -OCH3 is 1. The average Bonchev–Trinajstić information content (AvgIpc) is 3.23. The first kappa shape index (κ1) is 15.9. The molecule has 0 aromatic heterocycles. The van der Waals surface area contributed by atoms with E-state index in [9.17, 15) is 4.79 Å². The third-order valence-corrected chi connectivity index (χ3v) is 5.71. The molecule has 2 atom stereocenters. The summed E-state index contributed by atoms with van der Waals surface area (Å²) in [5.41, 5.74) is 6.61. The van der Waals surface area contributed by atoms with Gasteiger partial charge in [0.1, 0.15) is 5.75 Å². The molecule has 1 N–H and O–H groups in total. The number of rotatable bonds is 4. The predicted molar refractivity (Wildman–Crippen MR) is 99.3 cm³/mol. The Morgan fingerprint density at radius 2 is 1.80 bits per heavy atom. The fraction of sp³-hybridized carbons (Fsp3) is 0.318. The van der Waals surface area contributed by atoms with Gasteiger partial charge in [-0.05, 0) is 78.5 Å². The van der Waals surface area contributed by atoms with Crippen molar-refractivity contribution < 1.29 is 14.6 Å².